The summed E-state index contributed by atoms with van der Waals surface area (Å²) in [6, 6.07) is 11.3. The molecule has 2 aliphatic heterocycles. The van der Waals surface area contributed by atoms with Gasteiger partial charge in [-0.3, -0.25) is 9.69 Å². The maximum absolute atomic E-state index is 12.3. The molecule has 2 atom stereocenters. The van der Waals surface area contributed by atoms with Gasteiger partial charge in [0.25, 0.3) is 5.91 Å². The Morgan fingerprint density at radius 2 is 1.86 bits per heavy atom. The Morgan fingerprint density at radius 3 is 2.52 bits per heavy atom. The summed E-state index contributed by atoms with van der Waals surface area (Å²) in [4.78, 5) is 16.0. The summed E-state index contributed by atoms with van der Waals surface area (Å²) in [5.41, 5.74) is 0. The van der Waals surface area contributed by atoms with Gasteiger partial charge in [-0.05, 0) is 23.6 Å². The molecule has 3 heterocycles. The van der Waals surface area contributed by atoms with Crippen molar-refractivity contribution in [3.8, 4) is 11.5 Å². The fourth-order valence-corrected chi connectivity index (χ4v) is 4.40. The third-order valence-electron chi connectivity index (χ3n) is 5.07. The van der Waals surface area contributed by atoms with Crippen molar-refractivity contribution in [1.29, 1.82) is 0 Å². The highest BCUT2D eigenvalue weighted by atomic mass is 32.1. The van der Waals surface area contributed by atoms with Crippen molar-refractivity contribution in [3.63, 3.8) is 0 Å². The number of fused-ring (bicyclic) bond motifs is 1. The van der Waals surface area contributed by atoms with Crippen LogP contribution in [0.2, 0.25) is 0 Å². The molecular formula is C21H26N2O5S. The van der Waals surface area contributed by atoms with E-state index in [1.54, 1.807) is 30.6 Å². The van der Waals surface area contributed by atoms with Crippen molar-refractivity contribution in [2.24, 2.45) is 0 Å². The first-order valence-electron chi connectivity index (χ1n) is 9.74. The number of amides is 1. The topological polar surface area (TPSA) is 69.3 Å². The maximum atomic E-state index is 12.3. The molecule has 0 aliphatic carbocycles. The molecule has 2 fully saturated rings. The van der Waals surface area contributed by atoms with Crippen molar-refractivity contribution in [3.05, 3.63) is 46.7 Å². The van der Waals surface area contributed by atoms with E-state index in [4.69, 9.17) is 18.9 Å². The number of rotatable bonds is 7. The van der Waals surface area contributed by atoms with Gasteiger partial charge in [-0.1, -0.05) is 18.2 Å². The number of nitrogens with zero attached hydrogens (tertiary/aromatic N) is 1. The fraction of sp³-hybridized carbons (Fsp3) is 0.476. The summed E-state index contributed by atoms with van der Waals surface area (Å²) in [6.45, 7) is 3.42. The summed E-state index contributed by atoms with van der Waals surface area (Å²) in [6.07, 6.45) is 0.0865. The highest BCUT2D eigenvalue weighted by molar-refractivity contribution is 7.09. The minimum absolute atomic E-state index is 0.0432. The third kappa shape index (κ3) is 5.27. The van der Waals surface area contributed by atoms with Crippen LogP contribution < -0.4 is 14.8 Å². The van der Waals surface area contributed by atoms with Gasteiger partial charge in [0.05, 0.1) is 38.6 Å². The van der Waals surface area contributed by atoms with E-state index in [9.17, 15) is 4.79 Å². The highest BCUT2D eigenvalue weighted by Crippen LogP contribution is 2.26. The van der Waals surface area contributed by atoms with Crippen LogP contribution in [0.15, 0.2) is 41.8 Å². The maximum Gasteiger partial charge on any atom is 0.258 e. The molecule has 0 spiro atoms. The monoisotopic (exact) mass is 418 g/mol. The van der Waals surface area contributed by atoms with Gasteiger partial charge in [0.2, 0.25) is 0 Å². The van der Waals surface area contributed by atoms with Crippen LogP contribution in [-0.2, 0) is 20.8 Å². The van der Waals surface area contributed by atoms with Crippen molar-refractivity contribution >= 4 is 17.2 Å². The van der Waals surface area contributed by atoms with Crippen LogP contribution in [0.25, 0.3) is 0 Å². The van der Waals surface area contributed by atoms with Crippen LogP contribution in [-0.4, -0.2) is 69.1 Å². The Labute approximate surface area is 174 Å². The molecule has 7 nitrogen and oxygen atoms in total. The zero-order valence-corrected chi connectivity index (χ0v) is 17.2. The number of likely N-dealkylation sites (tertiary alicyclic amines) is 1. The Kier molecular flexibility index (Phi) is 6.66. The summed E-state index contributed by atoms with van der Waals surface area (Å²) < 4.78 is 22.9. The molecule has 4 rings (SSSR count). The van der Waals surface area contributed by atoms with Crippen molar-refractivity contribution in [2.45, 2.75) is 24.8 Å². The molecular weight excluding hydrogens is 392 g/mol. The zero-order chi connectivity index (χ0) is 20.1. The normalized spacial score (nSPS) is 22.7. The fourth-order valence-electron chi connectivity index (χ4n) is 3.65. The van der Waals surface area contributed by atoms with Crippen LogP contribution in [0, 0.1) is 0 Å². The van der Waals surface area contributed by atoms with E-state index in [1.165, 1.54) is 4.88 Å². The van der Waals surface area contributed by atoms with Crippen LogP contribution in [0.5, 0.6) is 11.5 Å². The summed E-state index contributed by atoms with van der Waals surface area (Å²) >= 11 is 1.77. The van der Waals surface area contributed by atoms with E-state index in [2.05, 4.69) is 27.7 Å². The number of carbonyl (C=O) groups excluding carboxylic acids is 1. The predicted molar refractivity (Wildman–Crippen MR) is 109 cm³/mol. The molecule has 0 bridgehead atoms. The number of hydrogen-bond donors (Lipinski definition) is 1. The molecule has 0 radical (unpaired) electrons. The van der Waals surface area contributed by atoms with Gasteiger partial charge in [-0.2, -0.15) is 0 Å². The predicted octanol–water partition coefficient (Wildman–Crippen LogP) is 1.92. The number of benzene rings is 1. The van der Waals surface area contributed by atoms with Crippen molar-refractivity contribution in [1.82, 2.24) is 10.2 Å². The number of ether oxygens (including phenoxy) is 4. The molecule has 0 unspecified atom stereocenters. The molecule has 2 saturated heterocycles. The van der Waals surface area contributed by atoms with E-state index >= 15 is 0 Å². The lowest BCUT2D eigenvalue weighted by Gasteiger charge is -2.19. The average Bonchev–Trinajstić information content (AvgIpc) is 3.34. The third-order valence-corrected chi connectivity index (χ3v) is 5.93. The van der Waals surface area contributed by atoms with Gasteiger partial charge >= 0.3 is 0 Å². The first-order valence-corrected chi connectivity index (χ1v) is 10.6. The van der Waals surface area contributed by atoms with Crippen LogP contribution >= 0.6 is 11.3 Å². The molecule has 8 heteroatoms. The first kappa shape index (κ1) is 20.2. The lowest BCUT2D eigenvalue weighted by molar-refractivity contribution is -0.124. The second-order valence-corrected chi connectivity index (χ2v) is 8.25. The SMILES string of the molecule is COc1ccccc1OCC(=O)NC1CO[C@H]2CN(Cc3cccs3)C[C@@H]2OC1. The number of carbonyl (C=O) groups is 1. The van der Waals surface area contributed by atoms with Crippen LogP contribution in [0.4, 0.5) is 0 Å². The molecule has 1 aromatic heterocycles. The van der Waals surface area contributed by atoms with Gasteiger partial charge < -0.3 is 24.3 Å². The summed E-state index contributed by atoms with van der Waals surface area (Å²) in [7, 11) is 1.57. The molecule has 1 aromatic carbocycles. The summed E-state index contributed by atoms with van der Waals surface area (Å²) in [5.74, 6) is 0.930. The lowest BCUT2D eigenvalue weighted by atomic mass is 10.3. The van der Waals surface area contributed by atoms with E-state index in [0.717, 1.165) is 19.6 Å². The Balaban J connectivity index is 1.21. The van der Waals surface area contributed by atoms with Gasteiger partial charge in [0, 0.05) is 24.5 Å². The number of nitrogens with one attached hydrogen (secondary N) is 1. The first-order chi connectivity index (χ1) is 14.2. The van der Waals surface area contributed by atoms with E-state index < -0.39 is 0 Å². The number of thiophene rings is 1. The highest BCUT2D eigenvalue weighted by Gasteiger charge is 2.37. The molecule has 1 amide bonds. The van der Waals surface area contributed by atoms with Gasteiger partial charge in [0.15, 0.2) is 18.1 Å². The smallest absolute Gasteiger partial charge is 0.258 e. The van der Waals surface area contributed by atoms with Gasteiger partial charge in [-0.15, -0.1) is 11.3 Å². The Hall–Kier alpha value is -2.13. The lowest BCUT2D eigenvalue weighted by Crippen LogP contribution is -2.43. The van der Waals surface area contributed by atoms with E-state index in [0.29, 0.717) is 24.7 Å². The number of methoxy groups -OCH3 is 1. The minimum Gasteiger partial charge on any atom is -0.493 e. The van der Waals surface area contributed by atoms with E-state index in [-0.39, 0.29) is 30.8 Å². The standard InChI is InChI=1S/C21H26N2O5S/c1-25-17-6-2-3-7-18(17)28-14-21(24)22-15-12-26-19-10-23(11-20(19)27-13-15)9-16-5-4-8-29-16/h2-8,15,19-20H,9-14H2,1H3,(H,22,24)/t19-,20-/m0/s1. The largest absolute Gasteiger partial charge is 0.493 e. The molecule has 29 heavy (non-hydrogen) atoms. The molecule has 2 aromatic rings. The molecule has 1 N–H and O–H groups in total. The van der Waals surface area contributed by atoms with Gasteiger partial charge in [0.1, 0.15) is 0 Å². The quantitative estimate of drug-likeness (QED) is 0.741. The van der Waals surface area contributed by atoms with E-state index in [1.807, 2.05) is 12.1 Å². The summed E-state index contributed by atoms with van der Waals surface area (Å²) in [5, 5.41) is 5.04. The van der Waals surface area contributed by atoms with Crippen LogP contribution in [0.3, 0.4) is 0 Å². The minimum atomic E-state index is -0.209. The number of para-hydroxylation sites is 2. The second-order valence-electron chi connectivity index (χ2n) is 7.22. The molecule has 156 valence electrons. The molecule has 2 aliphatic rings. The average molecular weight is 419 g/mol. The molecule has 0 saturated carbocycles. The zero-order valence-electron chi connectivity index (χ0n) is 16.4. The van der Waals surface area contributed by atoms with Crippen molar-refractivity contribution in [2.75, 3.05) is 40.0 Å². The Morgan fingerprint density at radius 1 is 1.14 bits per heavy atom. The van der Waals surface area contributed by atoms with Crippen LogP contribution in [0.1, 0.15) is 4.88 Å². The van der Waals surface area contributed by atoms with Gasteiger partial charge in [-0.25, -0.2) is 0 Å². The second kappa shape index (κ2) is 9.58. The van der Waals surface area contributed by atoms with Crippen molar-refractivity contribution < 1.29 is 23.7 Å². The Bertz CT molecular complexity index is 784. The number of hydrogen-bond acceptors (Lipinski definition) is 7.